The normalized spacial score (nSPS) is 44.0. The quantitative estimate of drug-likeness (QED) is 0.585. The summed E-state index contributed by atoms with van der Waals surface area (Å²) in [7, 11) is 0. The fourth-order valence-electron chi connectivity index (χ4n) is 1.91. The van der Waals surface area contributed by atoms with E-state index in [9.17, 15) is 10.2 Å². The van der Waals surface area contributed by atoms with Gasteiger partial charge in [-0.25, -0.2) is 0 Å². The zero-order valence-corrected chi connectivity index (χ0v) is 7.83. The van der Waals surface area contributed by atoms with Crippen LogP contribution in [-0.2, 0) is 0 Å². The van der Waals surface area contributed by atoms with Gasteiger partial charge in [-0.05, 0) is 12.2 Å². The maximum atomic E-state index is 9.33. The summed E-state index contributed by atoms with van der Waals surface area (Å²) in [5, 5.41) is 18.7. The van der Waals surface area contributed by atoms with Crippen molar-refractivity contribution in [1.29, 1.82) is 0 Å². The largest absolute Gasteiger partial charge is 0.389 e. The summed E-state index contributed by atoms with van der Waals surface area (Å²) in [6, 6.07) is 0.599. The van der Waals surface area contributed by atoms with E-state index in [1.807, 2.05) is 11.8 Å². The topological polar surface area (TPSA) is 43.7 Å². The van der Waals surface area contributed by atoms with Gasteiger partial charge in [0.15, 0.2) is 0 Å². The monoisotopic (exact) mass is 189 g/mol. The first-order valence-corrected chi connectivity index (χ1v) is 5.61. The van der Waals surface area contributed by atoms with E-state index in [0.29, 0.717) is 19.1 Å². The molecule has 0 aromatic rings. The van der Waals surface area contributed by atoms with E-state index in [4.69, 9.17) is 0 Å². The van der Waals surface area contributed by atoms with E-state index >= 15 is 0 Å². The highest BCUT2D eigenvalue weighted by Crippen LogP contribution is 2.25. The fourth-order valence-corrected chi connectivity index (χ4v) is 3.16. The van der Waals surface area contributed by atoms with Gasteiger partial charge in [-0.3, -0.25) is 4.90 Å². The SMILES string of the molecule is O[C@@H]1CN(C2CCSC2)C[C@@H]1O. The van der Waals surface area contributed by atoms with Gasteiger partial charge in [0.1, 0.15) is 0 Å². The van der Waals surface area contributed by atoms with Gasteiger partial charge in [0.25, 0.3) is 0 Å². The first-order valence-electron chi connectivity index (χ1n) is 4.45. The molecule has 4 heteroatoms. The predicted molar refractivity (Wildman–Crippen MR) is 49.3 cm³/mol. The van der Waals surface area contributed by atoms with Crippen LogP contribution in [0.25, 0.3) is 0 Å². The Morgan fingerprint density at radius 3 is 2.33 bits per heavy atom. The number of aliphatic hydroxyl groups is 2. The number of thioether (sulfide) groups is 1. The number of rotatable bonds is 1. The molecule has 70 valence electrons. The van der Waals surface area contributed by atoms with Crippen LogP contribution >= 0.6 is 11.8 Å². The molecule has 2 aliphatic rings. The van der Waals surface area contributed by atoms with Gasteiger partial charge >= 0.3 is 0 Å². The Kier molecular flexibility index (Phi) is 2.60. The second-order valence-electron chi connectivity index (χ2n) is 3.61. The van der Waals surface area contributed by atoms with Crippen LogP contribution in [-0.4, -0.2) is 58.0 Å². The minimum absolute atomic E-state index is 0.518. The number of hydrogen-bond acceptors (Lipinski definition) is 4. The third-order valence-corrected chi connectivity index (χ3v) is 3.85. The van der Waals surface area contributed by atoms with Gasteiger partial charge in [-0.1, -0.05) is 0 Å². The lowest BCUT2D eigenvalue weighted by Gasteiger charge is -2.21. The molecule has 2 N–H and O–H groups in total. The number of β-amino-alcohol motifs (C(OH)–C–C–N with tert-alkyl or cyclic N) is 2. The molecule has 12 heavy (non-hydrogen) atoms. The van der Waals surface area contributed by atoms with Gasteiger partial charge < -0.3 is 10.2 Å². The zero-order valence-electron chi connectivity index (χ0n) is 7.02. The van der Waals surface area contributed by atoms with Crippen LogP contribution in [0.5, 0.6) is 0 Å². The molecule has 1 unspecified atom stereocenters. The molecule has 0 aromatic heterocycles. The Bertz CT molecular complexity index is 151. The highest BCUT2D eigenvalue weighted by atomic mass is 32.2. The van der Waals surface area contributed by atoms with Crippen LogP contribution in [0.3, 0.4) is 0 Å². The van der Waals surface area contributed by atoms with Crippen molar-refractivity contribution in [3.63, 3.8) is 0 Å². The minimum atomic E-state index is -0.518. The summed E-state index contributed by atoms with van der Waals surface area (Å²) in [6.07, 6.45) is 0.176. The van der Waals surface area contributed by atoms with Gasteiger partial charge in [-0.2, -0.15) is 11.8 Å². The van der Waals surface area contributed by atoms with Crippen molar-refractivity contribution in [1.82, 2.24) is 4.90 Å². The average Bonchev–Trinajstić information content (AvgIpc) is 2.61. The Morgan fingerprint density at radius 2 is 1.83 bits per heavy atom. The van der Waals surface area contributed by atoms with Gasteiger partial charge in [0.2, 0.25) is 0 Å². The molecule has 0 amide bonds. The summed E-state index contributed by atoms with van der Waals surface area (Å²) >= 11 is 1.97. The molecule has 3 nitrogen and oxygen atoms in total. The summed E-state index contributed by atoms with van der Waals surface area (Å²) < 4.78 is 0. The van der Waals surface area contributed by atoms with E-state index < -0.39 is 12.2 Å². The van der Waals surface area contributed by atoms with Gasteiger partial charge in [0.05, 0.1) is 12.2 Å². The van der Waals surface area contributed by atoms with Crippen LogP contribution in [0.2, 0.25) is 0 Å². The van der Waals surface area contributed by atoms with Crippen molar-refractivity contribution in [3.05, 3.63) is 0 Å². The molecule has 2 rings (SSSR count). The highest BCUT2D eigenvalue weighted by molar-refractivity contribution is 7.99. The summed E-state index contributed by atoms with van der Waals surface area (Å²) in [5.41, 5.74) is 0. The van der Waals surface area contributed by atoms with Gasteiger partial charge in [0, 0.05) is 24.9 Å². The van der Waals surface area contributed by atoms with E-state index in [1.54, 1.807) is 0 Å². The first-order chi connectivity index (χ1) is 5.77. The first kappa shape index (κ1) is 8.81. The molecule has 2 saturated heterocycles. The molecule has 0 radical (unpaired) electrons. The molecule has 2 heterocycles. The number of hydrogen-bond donors (Lipinski definition) is 2. The highest BCUT2D eigenvalue weighted by Gasteiger charge is 2.34. The number of likely N-dealkylation sites (tertiary alicyclic amines) is 1. The van der Waals surface area contributed by atoms with Crippen molar-refractivity contribution in [2.24, 2.45) is 0 Å². The Hall–Kier alpha value is 0.230. The molecule has 2 fully saturated rings. The molecular formula is C8H15NO2S. The summed E-state index contributed by atoms with van der Waals surface area (Å²) in [4.78, 5) is 2.22. The molecule has 0 spiro atoms. The lowest BCUT2D eigenvalue weighted by Crippen LogP contribution is -2.34. The third-order valence-electron chi connectivity index (χ3n) is 2.71. The Labute approximate surface area is 76.8 Å². The van der Waals surface area contributed by atoms with Gasteiger partial charge in [-0.15, -0.1) is 0 Å². The molecular weight excluding hydrogens is 174 g/mol. The molecule has 3 atom stereocenters. The predicted octanol–water partition coefficient (Wildman–Crippen LogP) is -0.471. The van der Waals surface area contributed by atoms with Crippen LogP contribution in [0, 0.1) is 0 Å². The molecule has 0 aliphatic carbocycles. The lowest BCUT2D eigenvalue weighted by atomic mass is 10.2. The standard InChI is InChI=1S/C8H15NO2S/c10-7-3-9(4-8(7)11)6-1-2-12-5-6/h6-8,10-11H,1-5H2/t6?,7-,8+. The fraction of sp³-hybridized carbons (Fsp3) is 1.00. The van der Waals surface area contributed by atoms with Crippen molar-refractivity contribution in [2.45, 2.75) is 24.7 Å². The zero-order chi connectivity index (χ0) is 8.55. The maximum absolute atomic E-state index is 9.33. The van der Waals surface area contributed by atoms with Crippen molar-refractivity contribution < 1.29 is 10.2 Å². The van der Waals surface area contributed by atoms with E-state index in [1.165, 1.54) is 17.9 Å². The minimum Gasteiger partial charge on any atom is -0.389 e. The van der Waals surface area contributed by atoms with Crippen LogP contribution in [0.15, 0.2) is 0 Å². The van der Waals surface area contributed by atoms with Crippen molar-refractivity contribution in [3.8, 4) is 0 Å². The third kappa shape index (κ3) is 1.62. The number of nitrogens with zero attached hydrogens (tertiary/aromatic N) is 1. The van der Waals surface area contributed by atoms with E-state index in [2.05, 4.69) is 4.90 Å². The second kappa shape index (κ2) is 3.54. The number of aliphatic hydroxyl groups excluding tert-OH is 2. The van der Waals surface area contributed by atoms with Crippen LogP contribution in [0.1, 0.15) is 6.42 Å². The van der Waals surface area contributed by atoms with E-state index in [0.717, 1.165) is 0 Å². The Morgan fingerprint density at radius 1 is 1.17 bits per heavy atom. The second-order valence-corrected chi connectivity index (χ2v) is 4.76. The van der Waals surface area contributed by atoms with Crippen molar-refractivity contribution >= 4 is 11.8 Å². The lowest BCUT2D eigenvalue weighted by molar-refractivity contribution is 0.0572. The molecule has 2 aliphatic heterocycles. The van der Waals surface area contributed by atoms with Crippen molar-refractivity contribution in [2.75, 3.05) is 24.6 Å². The van der Waals surface area contributed by atoms with Crippen LogP contribution < -0.4 is 0 Å². The Balaban J connectivity index is 1.89. The van der Waals surface area contributed by atoms with E-state index in [-0.39, 0.29) is 0 Å². The molecule has 0 aromatic carbocycles. The average molecular weight is 189 g/mol. The molecule has 0 saturated carbocycles. The maximum Gasteiger partial charge on any atom is 0.0938 e. The smallest absolute Gasteiger partial charge is 0.0938 e. The summed E-state index contributed by atoms with van der Waals surface area (Å²) in [6.45, 7) is 1.32. The summed E-state index contributed by atoms with van der Waals surface area (Å²) in [5.74, 6) is 2.40. The van der Waals surface area contributed by atoms with Crippen LogP contribution in [0.4, 0.5) is 0 Å². The molecule has 0 bridgehead atoms.